The van der Waals surface area contributed by atoms with Gasteiger partial charge in [0.2, 0.25) is 11.8 Å². The average Bonchev–Trinajstić information content (AvgIpc) is 3.28. The van der Waals surface area contributed by atoms with Crippen LogP contribution in [-0.4, -0.2) is 35.5 Å². The molecule has 3 aromatic carbocycles. The zero-order chi connectivity index (χ0) is 24.8. The van der Waals surface area contributed by atoms with E-state index < -0.39 is 30.3 Å². The quantitative estimate of drug-likeness (QED) is 0.154. The molecule has 0 aliphatic carbocycles. The van der Waals surface area contributed by atoms with Gasteiger partial charge in [0.25, 0.3) is 0 Å². The third-order valence-corrected chi connectivity index (χ3v) is 5.43. The van der Waals surface area contributed by atoms with Gasteiger partial charge in [0.1, 0.15) is 11.3 Å². The van der Waals surface area contributed by atoms with Crippen LogP contribution in [0.1, 0.15) is 25.7 Å². The molecule has 1 heterocycles. The minimum absolute atomic E-state index is 0. The molecule has 0 spiro atoms. The van der Waals surface area contributed by atoms with Gasteiger partial charge in [-0.3, -0.25) is 4.79 Å². The van der Waals surface area contributed by atoms with Crippen molar-refractivity contribution in [3.63, 3.8) is 0 Å². The van der Waals surface area contributed by atoms with E-state index in [0.717, 1.165) is 27.4 Å². The maximum Gasteiger partial charge on any atom is 1.00 e. The van der Waals surface area contributed by atoms with Crippen LogP contribution in [0.2, 0.25) is 0 Å². The molecule has 9 nitrogen and oxygen atoms in total. The third-order valence-electron chi connectivity index (χ3n) is 5.43. The number of oxazole rings is 1. The summed E-state index contributed by atoms with van der Waals surface area (Å²) in [6.07, 6.45) is -0.407. The van der Waals surface area contributed by atoms with Gasteiger partial charge < -0.3 is 34.3 Å². The van der Waals surface area contributed by atoms with Crippen molar-refractivity contribution < 1.29 is 92.9 Å². The molecule has 0 fully saturated rings. The Balaban J connectivity index is 0.00000241. The van der Waals surface area contributed by atoms with Gasteiger partial charge in [0.05, 0.1) is 18.6 Å². The van der Waals surface area contributed by atoms with Crippen LogP contribution in [0, 0.1) is 0 Å². The molecule has 1 unspecified atom stereocenters. The number of benzene rings is 3. The molecule has 180 valence electrons. The number of aliphatic carboxylic acids is 2. The summed E-state index contributed by atoms with van der Waals surface area (Å²) in [6.45, 7) is 0.245. The second-order valence-electron chi connectivity index (χ2n) is 8.01. The Morgan fingerprint density at radius 3 is 2.41 bits per heavy atom. The number of amides is 1. The summed E-state index contributed by atoms with van der Waals surface area (Å²) >= 11 is 0. The normalized spacial score (nSPS) is 11.2. The van der Waals surface area contributed by atoms with Crippen LogP contribution < -0.4 is 79.4 Å². The number of aromatic nitrogens is 1. The van der Waals surface area contributed by atoms with E-state index in [0.29, 0.717) is 18.1 Å². The molecule has 4 aromatic rings. The fourth-order valence-electron chi connectivity index (χ4n) is 3.64. The number of para-hydroxylation sites is 2. The van der Waals surface area contributed by atoms with Gasteiger partial charge in [-0.1, -0.05) is 24.3 Å². The molecular formula is C26H22N2Na2O7. The van der Waals surface area contributed by atoms with Crippen LogP contribution >= 0.6 is 0 Å². The van der Waals surface area contributed by atoms with Crippen molar-refractivity contribution in [3.05, 3.63) is 60.7 Å². The van der Waals surface area contributed by atoms with E-state index in [9.17, 15) is 24.6 Å². The largest absolute Gasteiger partial charge is 1.00 e. The molecule has 0 saturated carbocycles. The SMILES string of the molecule is O=C([O-])CCC(NC(=O)CCCOc1ccc2cc(-c3nc4ccccc4o3)ccc2c1)C(=O)[O-].[Na+].[Na+]. The number of carbonyl (C=O) groups is 3. The number of hydrogen-bond donors (Lipinski definition) is 1. The summed E-state index contributed by atoms with van der Waals surface area (Å²) < 4.78 is 11.6. The number of hydrogen-bond acceptors (Lipinski definition) is 8. The Morgan fingerprint density at radius 1 is 0.946 bits per heavy atom. The smallest absolute Gasteiger partial charge is 0.550 e. The fourth-order valence-corrected chi connectivity index (χ4v) is 3.64. The molecule has 37 heavy (non-hydrogen) atoms. The number of ether oxygens (including phenoxy) is 1. The molecule has 0 aliphatic rings. The number of carbonyl (C=O) groups excluding carboxylic acids is 3. The van der Waals surface area contributed by atoms with E-state index in [1.807, 2.05) is 60.7 Å². The average molecular weight is 520 g/mol. The summed E-state index contributed by atoms with van der Waals surface area (Å²) in [5.41, 5.74) is 2.39. The Hall–Kier alpha value is -2.40. The van der Waals surface area contributed by atoms with Crippen LogP contribution in [0.25, 0.3) is 33.3 Å². The van der Waals surface area contributed by atoms with E-state index in [4.69, 9.17) is 9.15 Å². The number of nitrogens with one attached hydrogen (secondary N) is 1. The predicted molar refractivity (Wildman–Crippen MR) is 123 cm³/mol. The van der Waals surface area contributed by atoms with Gasteiger partial charge in [0, 0.05) is 18.0 Å². The van der Waals surface area contributed by atoms with Crippen molar-refractivity contribution in [3.8, 4) is 17.2 Å². The first-order valence-corrected chi connectivity index (χ1v) is 11.1. The summed E-state index contributed by atoms with van der Waals surface area (Å²) in [4.78, 5) is 38.0. The van der Waals surface area contributed by atoms with Crippen LogP contribution in [0.5, 0.6) is 5.75 Å². The number of carboxylic acids is 2. The van der Waals surface area contributed by atoms with Crippen molar-refractivity contribution in [2.75, 3.05) is 6.61 Å². The Labute approximate surface area is 257 Å². The summed E-state index contributed by atoms with van der Waals surface area (Å²) in [7, 11) is 0. The van der Waals surface area contributed by atoms with Crippen LogP contribution in [0.3, 0.4) is 0 Å². The Morgan fingerprint density at radius 2 is 1.68 bits per heavy atom. The zero-order valence-corrected chi connectivity index (χ0v) is 24.7. The zero-order valence-electron chi connectivity index (χ0n) is 20.7. The van der Waals surface area contributed by atoms with Crippen LogP contribution in [0.15, 0.2) is 65.1 Å². The van der Waals surface area contributed by atoms with Gasteiger partial charge in [-0.05, 0) is 66.4 Å². The standard InChI is InChI=1S/C26H24N2O7.2Na/c29-23(27-21(26(32)33)11-12-24(30)31)6-3-13-34-19-10-9-16-14-18(8-7-17(16)15-19)25-28-20-4-1-2-5-22(20)35-25;;/h1-2,4-5,7-10,14-15,21H,3,6,11-13H2,(H,27,29)(H,30,31)(H,32,33);;/q;2*+1/p-2. The minimum Gasteiger partial charge on any atom is -0.550 e. The van der Waals surface area contributed by atoms with Gasteiger partial charge in [-0.2, -0.15) is 0 Å². The van der Waals surface area contributed by atoms with Crippen LogP contribution in [-0.2, 0) is 14.4 Å². The van der Waals surface area contributed by atoms with E-state index in [-0.39, 0.29) is 78.6 Å². The van der Waals surface area contributed by atoms with E-state index in [2.05, 4.69) is 10.3 Å². The van der Waals surface area contributed by atoms with Crippen molar-refractivity contribution >= 4 is 39.7 Å². The molecule has 4 rings (SSSR count). The predicted octanol–water partition coefficient (Wildman–Crippen LogP) is -4.42. The maximum absolute atomic E-state index is 12.0. The second kappa shape index (κ2) is 14.5. The molecule has 1 amide bonds. The Bertz CT molecular complexity index is 1360. The topological polar surface area (TPSA) is 145 Å². The number of carboxylic acid groups (broad SMARTS) is 2. The van der Waals surface area contributed by atoms with E-state index in [1.165, 1.54) is 0 Å². The number of fused-ring (bicyclic) bond motifs is 2. The monoisotopic (exact) mass is 520 g/mol. The van der Waals surface area contributed by atoms with E-state index in [1.54, 1.807) is 0 Å². The van der Waals surface area contributed by atoms with Gasteiger partial charge in [-0.15, -0.1) is 0 Å². The second-order valence-corrected chi connectivity index (χ2v) is 8.01. The number of nitrogens with zero attached hydrogens (tertiary/aromatic N) is 1. The van der Waals surface area contributed by atoms with Gasteiger partial charge in [-0.25, -0.2) is 4.98 Å². The molecule has 1 aromatic heterocycles. The van der Waals surface area contributed by atoms with Crippen molar-refractivity contribution in [1.29, 1.82) is 0 Å². The van der Waals surface area contributed by atoms with Crippen molar-refractivity contribution in [2.45, 2.75) is 31.7 Å². The third kappa shape index (κ3) is 8.56. The summed E-state index contributed by atoms with van der Waals surface area (Å²) in [5, 5.41) is 25.7. The molecule has 11 heteroatoms. The molecule has 0 radical (unpaired) electrons. The van der Waals surface area contributed by atoms with Crippen LogP contribution in [0.4, 0.5) is 0 Å². The Kier molecular flexibility index (Phi) is 12.1. The van der Waals surface area contributed by atoms with Crippen molar-refractivity contribution in [1.82, 2.24) is 10.3 Å². The number of rotatable bonds is 11. The van der Waals surface area contributed by atoms with Gasteiger partial charge in [0.15, 0.2) is 5.58 Å². The van der Waals surface area contributed by atoms with Gasteiger partial charge >= 0.3 is 59.1 Å². The molecule has 0 saturated heterocycles. The summed E-state index contributed by atoms with van der Waals surface area (Å²) in [5.74, 6) is -2.27. The maximum atomic E-state index is 12.0. The first-order valence-electron chi connectivity index (χ1n) is 11.1. The molecule has 0 aliphatic heterocycles. The first kappa shape index (κ1) is 30.8. The molecule has 1 N–H and O–H groups in total. The van der Waals surface area contributed by atoms with Crippen molar-refractivity contribution in [2.24, 2.45) is 0 Å². The summed E-state index contributed by atoms with van der Waals surface area (Å²) in [6, 6.07) is 17.7. The minimum atomic E-state index is -1.54. The first-order chi connectivity index (χ1) is 16.9. The molecule has 0 bridgehead atoms. The molecule has 1 atom stereocenters. The fraction of sp³-hybridized carbons (Fsp3) is 0.231. The molecular weight excluding hydrogens is 498 g/mol. The van der Waals surface area contributed by atoms with E-state index >= 15 is 0 Å².